The van der Waals surface area contributed by atoms with Gasteiger partial charge in [-0.3, -0.25) is 0 Å². The zero-order chi connectivity index (χ0) is 13.5. The molecular weight excluding hydrogens is 234 g/mol. The third-order valence-electron chi connectivity index (χ3n) is 2.68. The molecule has 0 atom stereocenters. The van der Waals surface area contributed by atoms with Gasteiger partial charge in [0.15, 0.2) is 0 Å². The minimum absolute atomic E-state index is 0. The highest BCUT2D eigenvalue weighted by Crippen LogP contribution is 1.93. The van der Waals surface area contributed by atoms with Crippen molar-refractivity contribution in [3.63, 3.8) is 0 Å². The SMILES string of the molecule is C.C.C1CCNC1.CC.CC.CN1CCN(C)CC1. The maximum absolute atomic E-state index is 3.22. The highest BCUT2D eigenvalue weighted by atomic mass is 15.2. The molecule has 2 aliphatic heterocycles. The van der Waals surface area contributed by atoms with E-state index in [0.29, 0.717) is 0 Å². The van der Waals surface area contributed by atoms with Gasteiger partial charge in [0.2, 0.25) is 0 Å². The molecule has 0 aromatic carbocycles. The summed E-state index contributed by atoms with van der Waals surface area (Å²) in [5, 5.41) is 3.22. The van der Waals surface area contributed by atoms with Gasteiger partial charge in [-0.05, 0) is 40.0 Å². The second-order valence-electron chi connectivity index (χ2n) is 4.06. The number of nitrogens with zero attached hydrogens (tertiary/aromatic N) is 2. The van der Waals surface area contributed by atoms with E-state index in [4.69, 9.17) is 0 Å². The van der Waals surface area contributed by atoms with Gasteiger partial charge in [-0.25, -0.2) is 0 Å². The largest absolute Gasteiger partial charge is 0.317 e. The van der Waals surface area contributed by atoms with Crippen LogP contribution in [0, 0.1) is 0 Å². The number of piperazine rings is 1. The van der Waals surface area contributed by atoms with Crippen LogP contribution >= 0.6 is 0 Å². The molecule has 0 saturated carbocycles. The molecule has 2 aliphatic rings. The van der Waals surface area contributed by atoms with Crippen molar-refractivity contribution in [3.05, 3.63) is 0 Å². The average molecular weight is 278 g/mol. The van der Waals surface area contributed by atoms with E-state index in [1.807, 2.05) is 27.7 Å². The predicted octanol–water partition coefficient (Wildman–Crippen LogP) is 3.56. The molecule has 0 aliphatic carbocycles. The summed E-state index contributed by atoms with van der Waals surface area (Å²) in [4.78, 5) is 4.72. The van der Waals surface area contributed by atoms with Crippen molar-refractivity contribution >= 4 is 0 Å². The van der Waals surface area contributed by atoms with Crippen LogP contribution in [0.25, 0.3) is 0 Å². The molecule has 3 heteroatoms. The second kappa shape index (κ2) is 23.0. The molecule has 2 saturated heterocycles. The quantitative estimate of drug-likeness (QED) is 0.730. The topological polar surface area (TPSA) is 18.5 Å². The molecule has 2 heterocycles. The molecule has 19 heavy (non-hydrogen) atoms. The predicted molar refractivity (Wildman–Crippen MR) is 93.3 cm³/mol. The summed E-state index contributed by atoms with van der Waals surface area (Å²) in [5.74, 6) is 0. The number of rotatable bonds is 0. The van der Waals surface area contributed by atoms with E-state index >= 15 is 0 Å². The van der Waals surface area contributed by atoms with Gasteiger partial charge in [-0.1, -0.05) is 42.5 Å². The van der Waals surface area contributed by atoms with Gasteiger partial charge in [-0.15, -0.1) is 0 Å². The lowest BCUT2D eigenvalue weighted by molar-refractivity contribution is 0.181. The molecular formula is C16H43N3. The summed E-state index contributed by atoms with van der Waals surface area (Å²) in [6.45, 7) is 15.4. The fraction of sp³-hybridized carbons (Fsp3) is 1.00. The van der Waals surface area contributed by atoms with Crippen LogP contribution in [0.15, 0.2) is 0 Å². The summed E-state index contributed by atoms with van der Waals surface area (Å²) in [6.07, 6.45) is 2.78. The molecule has 0 radical (unpaired) electrons. The standard InChI is InChI=1S/C6H14N2.C4H9N.2C2H6.2CH4/c1-7-3-5-8(2)6-4-7;1-2-4-5-3-1;2*1-2;;/h3-6H2,1-2H3;5H,1-4H2;2*1-2H3;2*1H4. The normalized spacial score (nSPS) is 18.0. The first kappa shape index (κ1) is 27.3. The smallest absolute Gasteiger partial charge is 0.0107 e. The van der Waals surface area contributed by atoms with E-state index in [0.717, 1.165) is 0 Å². The average Bonchev–Trinajstić information content (AvgIpc) is 2.97. The van der Waals surface area contributed by atoms with Crippen LogP contribution in [0.1, 0.15) is 55.4 Å². The van der Waals surface area contributed by atoms with Gasteiger partial charge in [0.05, 0.1) is 0 Å². The maximum Gasteiger partial charge on any atom is 0.0107 e. The molecule has 0 aromatic heterocycles. The Morgan fingerprint density at radius 1 is 0.632 bits per heavy atom. The Kier molecular flexibility index (Phi) is 33.0. The molecule has 2 rings (SSSR count). The maximum atomic E-state index is 3.22. The summed E-state index contributed by atoms with van der Waals surface area (Å²) < 4.78 is 0. The van der Waals surface area contributed by atoms with Crippen molar-refractivity contribution in [2.75, 3.05) is 53.4 Å². The third kappa shape index (κ3) is 20.4. The molecule has 2 fully saturated rings. The molecule has 122 valence electrons. The van der Waals surface area contributed by atoms with Crippen molar-refractivity contribution in [3.8, 4) is 0 Å². The Hall–Kier alpha value is -0.120. The van der Waals surface area contributed by atoms with Crippen LogP contribution in [-0.2, 0) is 0 Å². The fourth-order valence-corrected chi connectivity index (χ4v) is 1.53. The fourth-order valence-electron chi connectivity index (χ4n) is 1.53. The monoisotopic (exact) mass is 277 g/mol. The minimum atomic E-state index is 0. The lowest BCUT2D eigenvalue weighted by Crippen LogP contribution is -2.42. The first-order valence-electron chi connectivity index (χ1n) is 7.37. The third-order valence-corrected chi connectivity index (χ3v) is 2.68. The summed E-state index contributed by atoms with van der Waals surface area (Å²) in [5.41, 5.74) is 0. The highest BCUT2D eigenvalue weighted by molar-refractivity contribution is 4.64. The second-order valence-corrected chi connectivity index (χ2v) is 4.06. The van der Waals surface area contributed by atoms with Crippen molar-refractivity contribution in [1.82, 2.24) is 15.1 Å². The van der Waals surface area contributed by atoms with Crippen LogP contribution in [0.2, 0.25) is 0 Å². The van der Waals surface area contributed by atoms with Gasteiger partial charge >= 0.3 is 0 Å². The molecule has 3 nitrogen and oxygen atoms in total. The molecule has 0 amide bonds. The Labute approximate surface area is 124 Å². The van der Waals surface area contributed by atoms with Gasteiger partial charge in [0, 0.05) is 26.2 Å². The van der Waals surface area contributed by atoms with Crippen molar-refractivity contribution < 1.29 is 0 Å². The molecule has 1 N–H and O–H groups in total. The number of nitrogens with one attached hydrogen (secondary N) is 1. The van der Waals surface area contributed by atoms with Crippen LogP contribution in [-0.4, -0.2) is 63.2 Å². The van der Waals surface area contributed by atoms with Gasteiger partial charge < -0.3 is 15.1 Å². The van der Waals surface area contributed by atoms with Crippen molar-refractivity contribution in [1.29, 1.82) is 0 Å². The first-order valence-corrected chi connectivity index (χ1v) is 7.37. The lowest BCUT2D eigenvalue weighted by atomic mass is 10.4. The summed E-state index contributed by atoms with van der Waals surface area (Å²) in [6, 6.07) is 0. The highest BCUT2D eigenvalue weighted by Gasteiger charge is 2.07. The van der Waals surface area contributed by atoms with E-state index in [1.165, 1.54) is 52.1 Å². The van der Waals surface area contributed by atoms with E-state index in [2.05, 4.69) is 29.2 Å². The minimum Gasteiger partial charge on any atom is -0.317 e. The molecule has 0 bridgehead atoms. The zero-order valence-corrected chi connectivity index (χ0v) is 13.1. The van der Waals surface area contributed by atoms with Gasteiger partial charge in [0.25, 0.3) is 0 Å². The Bertz CT molecular complexity index is 99.6. The van der Waals surface area contributed by atoms with Gasteiger partial charge in [-0.2, -0.15) is 0 Å². The Morgan fingerprint density at radius 2 is 0.895 bits per heavy atom. The first-order chi connectivity index (χ1) is 8.29. The van der Waals surface area contributed by atoms with Gasteiger partial charge in [0.1, 0.15) is 0 Å². The molecule has 0 spiro atoms. The van der Waals surface area contributed by atoms with E-state index in [9.17, 15) is 0 Å². The Balaban J connectivity index is -0.0000000902. The summed E-state index contributed by atoms with van der Waals surface area (Å²) >= 11 is 0. The van der Waals surface area contributed by atoms with Crippen LogP contribution < -0.4 is 5.32 Å². The van der Waals surface area contributed by atoms with Crippen LogP contribution in [0.3, 0.4) is 0 Å². The molecule has 0 aromatic rings. The summed E-state index contributed by atoms with van der Waals surface area (Å²) in [7, 11) is 4.35. The van der Waals surface area contributed by atoms with E-state index in [-0.39, 0.29) is 14.9 Å². The number of hydrogen-bond donors (Lipinski definition) is 1. The van der Waals surface area contributed by atoms with Crippen molar-refractivity contribution in [2.24, 2.45) is 0 Å². The number of likely N-dealkylation sites (N-methyl/N-ethyl adjacent to an activating group) is 2. The van der Waals surface area contributed by atoms with E-state index in [1.54, 1.807) is 0 Å². The van der Waals surface area contributed by atoms with Crippen LogP contribution in [0.4, 0.5) is 0 Å². The van der Waals surface area contributed by atoms with Crippen LogP contribution in [0.5, 0.6) is 0 Å². The molecule has 0 unspecified atom stereocenters. The Morgan fingerprint density at radius 3 is 1.05 bits per heavy atom. The van der Waals surface area contributed by atoms with E-state index < -0.39 is 0 Å². The van der Waals surface area contributed by atoms with Crippen molar-refractivity contribution in [2.45, 2.75) is 55.4 Å². The zero-order valence-electron chi connectivity index (χ0n) is 13.1. The number of hydrogen-bond acceptors (Lipinski definition) is 3. The lowest BCUT2D eigenvalue weighted by Gasteiger charge is -2.28.